The van der Waals surface area contributed by atoms with Crippen LogP contribution < -0.4 is 23.7 Å². The van der Waals surface area contributed by atoms with Crippen LogP contribution in [0.1, 0.15) is 71.1 Å². The van der Waals surface area contributed by atoms with Gasteiger partial charge >= 0.3 is 0 Å². The topological polar surface area (TPSA) is 109 Å². The van der Waals surface area contributed by atoms with Crippen molar-refractivity contribution in [1.82, 2.24) is 4.72 Å². The molecule has 10 heteroatoms. The van der Waals surface area contributed by atoms with Crippen molar-refractivity contribution in [2.75, 3.05) is 33.0 Å². The number of sulfonamides is 1. The van der Waals surface area contributed by atoms with Crippen LogP contribution in [0, 0.1) is 0 Å². The minimum absolute atomic E-state index is 0.00475. The Morgan fingerprint density at radius 3 is 1.72 bits per heavy atom. The number of carbonyl (C=O) groups is 1. The molecule has 46 heavy (non-hydrogen) atoms. The van der Waals surface area contributed by atoms with Crippen LogP contribution in [0.2, 0.25) is 0 Å². The molecule has 1 N–H and O–H groups in total. The highest BCUT2D eigenvalue weighted by atomic mass is 32.2. The van der Waals surface area contributed by atoms with Crippen LogP contribution in [0.25, 0.3) is 0 Å². The van der Waals surface area contributed by atoms with Crippen LogP contribution in [-0.4, -0.2) is 53.0 Å². The zero-order chi connectivity index (χ0) is 32.5. The van der Waals surface area contributed by atoms with E-state index in [-0.39, 0.29) is 18.1 Å². The average molecular weight is 654 g/mol. The lowest BCUT2D eigenvalue weighted by atomic mass is 9.96. The Morgan fingerprint density at radius 1 is 0.696 bits per heavy atom. The van der Waals surface area contributed by atoms with Gasteiger partial charge in [0.1, 0.15) is 25.4 Å². The maximum absolute atomic E-state index is 13.0. The summed E-state index contributed by atoms with van der Waals surface area (Å²) in [7, 11) is -4.06. The van der Waals surface area contributed by atoms with E-state index < -0.39 is 28.1 Å². The number of fused-ring (bicyclic) bond motifs is 2. The number of rotatable bonds is 14. The first-order valence-corrected chi connectivity index (χ1v) is 17.8. The van der Waals surface area contributed by atoms with Crippen molar-refractivity contribution in [2.45, 2.75) is 81.6 Å². The van der Waals surface area contributed by atoms with E-state index in [1.54, 1.807) is 18.2 Å². The molecule has 1 amide bonds. The number of para-hydroxylation sites is 4. The SMILES string of the molecule is CCCCCCCCCCC1(OCC(=O)NS(=O)(=O)c2ccccc2)COc2ccccc2OCCCOc2ccccc2OC1. The van der Waals surface area contributed by atoms with E-state index in [1.165, 1.54) is 37.8 Å². The van der Waals surface area contributed by atoms with Gasteiger partial charge in [0, 0.05) is 6.42 Å². The van der Waals surface area contributed by atoms with Crippen molar-refractivity contribution in [3.05, 3.63) is 78.9 Å². The van der Waals surface area contributed by atoms with Crippen molar-refractivity contribution >= 4 is 15.9 Å². The number of carbonyl (C=O) groups excluding carboxylic acids is 1. The second-order valence-electron chi connectivity index (χ2n) is 11.6. The van der Waals surface area contributed by atoms with Crippen molar-refractivity contribution in [3.63, 3.8) is 0 Å². The molecule has 0 radical (unpaired) electrons. The molecular weight excluding hydrogens is 606 g/mol. The summed E-state index contributed by atoms with van der Waals surface area (Å²) in [5.41, 5.74) is -1.10. The Labute approximate surface area is 273 Å². The minimum Gasteiger partial charge on any atom is -0.490 e. The van der Waals surface area contributed by atoms with E-state index in [2.05, 4.69) is 11.6 Å². The predicted octanol–water partition coefficient (Wildman–Crippen LogP) is 7.10. The number of hydrogen-bond donors (Lipinski definition) is 1. The molecule has 1 aliphatic rings. The van der Waals surface area contributed by atoms with E-state index in [0.29, 0.717) is 49.1 Å². The van der Waals surface area contributed by atoms with Gasteiger partial charge in [-0.2, -0.15) is 0 Å². The van der Waals surface area contributed by atoms with Crippen molar-refractivity contribution in [2.24, 2.45) is 0 Å². The van der Waals surface area contributed by atoms with Gasteiger partial charge in [0.2, 0.25) is 0 Å². The minimum atomic E-state index is -4.06. The van der Waals surface area contributed by atoms with Crippen LogP contribution in [0.15, 0.2) is 83.8 Å². The van der Waals surface area contributed by atoms with Crippen LogP contribution >= 0.6 is 0 Å². The molecule has 0 saturated carbocycles. The Hall–Kier alpha value is -3.76. The van der Waals surface area contributed by atoms with Crippen molar-refractivity contribution in [3.8, 4) is 23.0 Å². The molecule has 0 saturated heterocycles. The van der Waals surface area contributed by atoms with Crippen LogP contribution in [0.4, 0.5) is 0 Å². The number of benzene rings is 3. The van der Waals surface area contributed by atoms with Gasteiger partial charge in [-0.15, -0.1) is 0 Å². The number of unbranched alkanes of at least 4 members (excludes halogenated alkanes) is 7. The molecule has 1 aliphatic heterocycles. The van der Waals surface area contributed by atoms with Gasteiger partial charge in [0.25, 0.3) is 15.9 Å². The highest BCUT2D eigenvalue weighted by Crippen LogP contribution is 2.33. The summed E-state index contributed by atoms with van der Waals surface area (Å²) in [5.74, 6) is 1.48. The molecule has 9 nitrogen and oxygen atoms in total. The number of hydrogen-bond acceptors (Lipinski definition) is 8. The Morgan fingerprint density at radius 2 is 1.17 bits per heavy atom. The Kier molecular flexibility index (Phi) is 14.0. The summed E-state index contributed by atoms with van der Waals surface area (Å²) in [6.07, 6.45) is 10.1. The van der Waals surface area contributed by atoms with Crippen LogP contribution in [0.5, 0.6) is 23.0 Å². The summed E-state index contributed by atoms with van der Waals surface area (Å²) < 4.78 is 58.9. The smallest absolute Gasteiger partial charge is 0.264 e. The molecular formula is C36H47NO8S. The summed E-state index contributed by atoms with van der Waals surface area (Å²) in [4.78, 5) is 13.0. The summed E-state index contributed by atoms with van der Waals surface area (Å²) in [6.45, 7) is 2.66. The maximum Gasteiger partial charge on any atom is 0.264 e. The van der Waals surface area contributed by atoms with Gasteiger partial charge in [0.15, 0.2) is 23.0 Å². The molecule has 1 heterocycles. The third-order valence-electron chi connectivity index (χ3n) is 7.78. The molecule has 3 aromatic carbocycles. The second kappa shape index (κ2) is 18.4. The lowest BCUT2D eigenvalue weighted by molar-refractivity contribution is -0.140. The monoisotopic (exact) mass is 653 g/mol. The van der Waals surface area contributed by atoms with E-state index in [1.807, 2.05) is 48.5 Å². The standard InChI is InChI=1S/C36H47NO8S/c1-2-3-4-5-6-7-8-16-24-36(45-27-35(38)37-46(39,40)30-18-10-9-11-19-30)28-43-33-22-14-12-20-31(33)41-25-17-26-42-32-21-13-15-23-34(32)44-29-36/h9-15,18-23H,2-8,16-17,24-29H2,1H3,(H,37,38). The molecule has 0 atom stereocenters. The maximum atomic E-state index is 13.0. The van der Waals surface area contributed by atoms with Gasteiger partial charge in [-0.25, -0.2) is 13.1 Å². The molecule has 0 aromatic heterocycles. The molecule has 0 aliphatic carbocycles. The van der Waals surface area contributed by atoms with Crippen LogP contribution in [0.3, 0.4) is 0 Å². The largest absolute Gasteiger partial charge is 0.490 e. The van der Waals surface area contributed by atoms with E-state index in [4.69, 9.17) is 23.7 Å². The Bertz CT molecular complexity index is 1390. The molecule has 0 fully saturated rings. The van der Waals surface area contributed by atoms with E-state index in [9.17, 15) is 13.2 Å². The van der Waals surface area contributed by atoms with Crippen LogP contribution in [-0.2, 0) is 19.6 Å². The highest BCUT2D eigenvalue weighted by Gasteiger charge is 2.35. The quantitative estimate of drug-likeness (QED) is 0.184. The summed E-state index contributed by atoms with van der Waals surface area (Å²) >= 11 is 0. The summed E-state index contributed by atoms with van der Waals surface area (Å²) in [5, 5.41) is 0. The van der Waals surface area contributed by atoms with Gasteiger partial charge in [-0.3, -0.25) is 4.79 Å². The highest BCUT2D eigenvalue weighted by molar-refractivity contribution is 7.90. The normalized spacial score (nSPS) is 15.0. The Balaban J connectivity index is 1.55. The number of amides is 1. The van der Waals surface area contributed by atoms with Crippen molar-refractivity contribution < 1.29 is 36.9 Å². The molecule has 3 aromatic rings. The zero-order valence-electron chi connectivity index (χ0n) is 26.8. The molecule has 0 unspecified atom stereocenters. The first-order valence-electron chi connectivity index (χ1n) is 16.3. The fourth-order valence-corrected chi connectivity index (χ4v) is 6.19. The number of ether oxygens (including phenoxy) is 5. The van der Waals surface area contributed by atoms with Gasteiger partial charge < -0.3 is 23.7 Å². The fraction of sp³-hybridized carbons (Fsp3) is 0.472. The second-order valence-corrected chi connectivity index (χ2v) is 13.2. The fourth-order valence-electron chi connectivity index (χ4n) is 5.20. The first kappa shape index (κ1) is 35.1. The molecule has 0 bridgehead atoms. The van der Waals surface area contributed by atoms with Crippen molar-refractivity contribution in [1.29, 1.82) is 0 Å². The molecule has 0 spiro atoms. The van der Waals surface area contributed by atoms with Gasteiger partial charge in [-0.05, 0) is 42.8 Å². The molecule has 250 valence electrons. The summed E-state index contributed by atoms with van der Waals surface area (Å²) in [6, 6.07) is 22.6. The molecule has 4 rings (SSSR count). The van der Waals surface area contributed by atoms with Gasteiger partial charge in [-0.1, -0.05) is 101 Å². The third kappa shape index (κ3) is 11.2. The average Bonchev–Trinajstić information content (AvgIpc) is 3.07. The lowest BCUT2D eigenvalue weighted by Crippen LogP contribution is -2.47. The van der Waals surface area contributed by atoms with Gasteiger partial charge in [0.05, 0.1) is 18.1 Å². The predicted molar refractivity (Wildman–Crippen MR) is 177 cm³/mol. The zero-order valence-corrected chi connectivity index (χ0v) is 27.6. The third-order valence-corrected chi connectivity index (χ3v) is 9.17. The van der Waals surface area contributed by atoms with E-state index in [0.717, 1.165) is 25.7 Å². The first-order chi connectivity index (χ1) is 22.4. The lowest BCUT2D eigenvalue weighted by Gasteiger charge is -2.34. The number of nitrogens with one attached hydrogen (secondary N) is 1. The van der Waals surface area contributed by atoms with E-state index >= 15 is 0 Å².